The average molecular weight is 179 g/mol. The topological polar surface area (TPSA) is 35.2 Å². The fourth-order valence-corrected chi connectivity index (χ4v) is 1.11. The number of unbranched alkanes of at least 4 members (excludes halogenated alkanes) is 1. The predicted octanol–water partition coefficient (Wildman–Crippen LogP) is 1.94. The summed E-state index contributed by atoms with van der Waals surface area (Å²) >= 11 is 0. The fraction of sp³-hybridized carbons (Fsp3) is 0.455. The summed E-state index contributed by atoms with van der Waals surface area (Å²) in [5, 5.41) is 0. The molecule has 1 rings (SSSR count). The molecule has 0 radical (unpaired) electrons. The van der Waals surface area contributed by atoms with Crippen molar-refractivity contribution in [1.29, 1.82) is 0 Å². The van der Waals surface area contributed by atoms with E-state index >= 15 is 0 Å². The summed E-state index contributed by atoms with van der Waals surface area (Å²) in [6, 6.07) is 10.2. The van der Waals surface area contributed by atoms with Gasteiger partial charge in [0.2, 0.25) is 0 Å². The molecule has 1 aromatic carbocycles. The molecule has 2 N–H and O–H groups in total. The molecule has 0 saturated heterocycles. The second-order valence-electron chi connectivity index (χ2n) is 3.03. The maximum Gasteiger partial charge on any atom is 0.0716 e. The highest BCUT2D eigenvalue weighted by Crippen LogP contribution is 2.00. The predicted molar refractivity (Wildman–Crippen MR) is 54.4 cm³/mol. The van der Waals surface area contributed by atoms with Gasteiger partial charge in [-0.25, -0.2) is 0 Å². The number of hydrogen-bond donors (Lipinski definition) is 1. The molecule has 0 saturated carbocycles. The van der Waals surface area contributed by atoms with E-state index in [2.05, 4.69) is 12.1 Å². The van der Waals surface area contributed by atoms with Crippen LogP contribution in [0.25, 0.3) is 0 Å². The van der Waals surface area contributed by atoms with Crippen LogP contribution in [0.3, 0.4) is 0 Å². The highest BCUT2D eigenvalue weighted by Gasteiger charge is 1.90. The Balaban J connectivity index is 2.07. The highest BCUT2D eigenvalue weighted by atomic mass is 16.5. The smallest absolute Gasteiger partial charge is 0.0716 e. The van der Waals surface area contributed by atoms with Crippen LogP contribution in [0, 0.1) is 0 Å². The Morgan fingerprint density at radius 2 is 1.85 bits per heavy atom. The van der Waals surface area contributed by atoms with Crippen molar-refractivity contribution in [1.82, 2.24) is 0 Å². The van der Waals surface area contributed by atoms with E-state index in [4.69, 9.17) is 10.5 Å². The number of benzene rings is 1. The quantitative estimate of drug-likeness (QED) is 0.677. The lowest BCUT2D eigenvalue weighted by atomic mass is 10.2. The minimum Gasteiger partial charge on any atom is -0.377 e. The van der Waals surface area contributed by atoms with E-state index < -0.39 is 0 Å². The van der Waals surface area contributed by atoms with E-state index in [1.165, 1.54) is 5.56 Å². The summed E-state index contributed by atoms with van der Waals surface area (Å²) in [4.78, 5) is 0. The first-order valence-corrected chi connectivity index (χ1v) is 4.75. The molecule has 2 heteroatoms. The largest absolute Gasteiger partial charge is 0.377 e. The molecule has 0 aliphatic carbocycles. The van der Waals surface area contributed by atoms with Crippen molar-refractivity contribution >= 4 is 0 Å². The molecule has 0 aliphatic rings. The zero-order valence-corrected chi connectivity index (χ0v) is 7.91. The number of hydrogen-bond acceptors (Lipinski definition) is 2. The van der Waals surface area contributed by atoms with Crippen LogP contribution in [0.2, 0.25) is 0 Å². The minimum absolute atomic E-state index is 0.714. The Morgan fingerprint density at radius 1 is 1.08 bits per heavy atom. The van der Waals surface area contributed by atoms with Crippen molar-refractivity contribution in [3.8, 4) is 0 Å². The van der Waals surface area contributed by atoms with Crippen LogP contribution in [0.4, 0.5) is 0 Å². The van der Waals surface area contributed by atoms with Crippen LogP contribution < -0.4 is 5.73 Å². The molecule has 0 atom stereocenters. The molecular weight excluding hydrogens is 162 g/mol. The Bertz CT molecular complexity index is 211. The van der Waals surface area contributed by atoms with Crippen molar-refractivity contribution < 1.29 is 4.74 Å². The average Bonchev–Trinajstić information content (AvgIpc) is 2.19. The molecule has 13 heavy (non-hydrogen) atoms. The van der Waals surface area contributed by atoms with Gasteiger partial charge in [0.25, 0.3) is 0 Å². The first kappa shape index (κ1) is 10.2. The van der Waals surface area contributed by atoms with Crippen molar-refractivity contribution in [2.75, 3.05) is 13.2 Å². The van der Waals surface area contributed by atoms with Crippen molar-refractivity contribution in [3.63, 3.8) is 0 Å². The summed E-state index contributed by atoms with van der Waals surface area (Å²) in [6.07, 6.45) is 2.11. The first-order chi connectivity index (χ1) is 6.43. The van der Waals surface area contributed by atoms with E-state index in [0.29, 0.717) is 6.61 Å². The molecule has 0 bridgehead atoms. The Labute approximate surface area is 79.7 Å². The molecule has 0 spiro atoms. The van der Waals surface area contributed by atoms with Crippen molar-refractivity contribution in [2.45, 2.75) is 19.4 Å². The van der Waals surface area contributed by atoms with Gasteiger partial charge in [-0.05, 0) is 24.9 Å². The molecular formula is C11H17NO. The Kier molecular flexibility index (Phi) is 5.22. The highest BCUT2D eigenvalue weighted by molar-refractivity contribution is 5.13. The lowest BCUT2D eigenvalue weighted by Crippen LogP contribution is -2.01. The van der Waals surface area contributed by atoms with Gasteiger partial charge in [0, 0.05) is 6.61 Å². The van der Waals surface area contributed by atoms with Crippen LogP contribution >= 0.6 is 0 Å². The van der Waals surface area contributed by atoms with Gasteiger partial charge >= 0.3 is 0 Å². The summed E-state index contributed by atoms with van der Waals surface area (Å²) in [7, 11) is 0. The molecule has 0 amide bonds. The van der Waals surface area contributed by atoms with E-state index in [0.717, 1.165) is 26.0 Å². The number of ether oxygens (including phenoxy) is 1. The standard InChI is InChI=1S/C11H17NO/c12-8-4-5-9-13-10-11-6-2-1-3-7-11/h1-3,6-7H,4-5,8-10,12H2. The van der Waals surface area contributed by atoms with Gasteiger partial charge in [-0.1, -0.05) is 30.3 Å². The van der Waals surface area contributed by atoms with Crippen LogP contribution in [-0.2, 0) is 11.3 Å². The molecule has 0 unspecified atom stereocenters. The van der Waals surface area contributed by atoms with Gasteiger partial charge in [0.15, 0.2) is 0 Å². The van der Waals surface area contributed by atoms with E-state index in [1.54, 1.807) is 0 Å². The molecule has 0 fully saturated rings. The van der Waals surface area contributed by atoms with Gasteiger partial charge < -0.3 is 10.5 Å². The lowest BCUT2D eigenvalue weighted by Gasteiger charge is -2.02. The summed E-state index contributed by atoms with van der Waals surface area (Å²) in [5.74, 6) is 0. The maximum atomic E-state index is 5.47. The zero-order valence-electron chi connectivity index (χ0n) is 7.91. The van der Waals surface area contributed by atoms with Gasteiger partial charge in [0.1, 0.15) is 0 Å². The van der Waals surface area contributed by atoms with Gasteiger partial charge in [-0.2, -0.15) is 0 Å². The second kappa shape index (κ2) is 6.63. The molecule has 0 aliphatic heterocycles. The number of nitrogens with two attached hydrogens (primary N) is 1. The summed E-state index contributed by atoms with van der Waals surface area (Å²) in [5.41, 5.74) is 6.60. The van der Waals surface area contributed by atoms with Crippen molar-refractivity contribution in [2.24, 2.45) is 5.73 Å². The molecule has 0 heterocycles. The fourth-order valence-electron chi connectivity index (χ4n) is 1.11. The monoisotopic (exact) mass is 179 g/mol. The number of rotatable bonds is 6. The molecule has 1 aromatic rings. The van der Waals surface area contributed by atoms with Crippen molar-refractivity contribution in [3.05, 3.63) is 35.9 Å². The van der Waals surface area contributed by atoms with E-state index in [9.17, 15) is 0 Å². The third-order valence-electron chi connectivity index (χ3n) is 1.85. The Morgan fingerprint density at radius 3 is 2.54 bits per heavy atom. The van der Waals surface area contributed by atoms with E-state index in [1.807, 2.05) is 18.2 Å². The molecule has 0 aromatic heterocycles. The zero-order chi connectivity index (χ0) is 9.36. The van der Waals surface area contributed by atoms with Crippen LogP contribution in [0.15, 0.2) is 30.3 Å². The minimum atomic E-state index is 0.714. The second-order valence-corrected chi connectivity index (χ2v) is 3.03. The van der Waals surface area contributed by atoms with Gasteiger partial charge in [0.05, 0.1) is 6.61 Å². The third-order valence-corrected chi connectivity index (χ3v) is 1.85. The lowest BCUT2D eigenvalue weighted by molar-refractivity contribution is 0.117. The SMILES string of the molecule is NCCCCOCc1ccccc1. The Hall–Kier alpha value is -0.860. The van der Waals surface area contributed by atoms with Crippen LogP contribution in [0.5, 0.6) is 0 Å². The summed E-state index contributed by atoms with van der Waals surface area (Å²) < 4.78 is 5.47. The third kappa shape index (κ3) is 4.65. The van der Waals surface area contributed by atoms with Crippen LogP contribution in [-0.4, -0.2) is 13.2 Å². The normalized spacial score (nSPS) is 10.2. The molecule has 72 valence electrons. The first-order valence-electron chi connectivity index (χ1n) is 4.75. The van der Waals surface area contributed by atoms with E-state index in [-0.39, 0.29) is 0 Å². The van der Waals surface area contributed by atoms with Gasteiger partial charge in [-0.3, -0.25) is 0 Å². The summed E-state index contributed by atoms with van der Waals surface area (Å²) in [6.45, 7) is 2.28. The maximum absolute atomic E-state index is 5.47. The molecule has 2 nitrogen and oxygen atoms in total. The van der Waals surface area contributed by atoms with Gasteiger partial charge in [-0.15, -0.1) is 0 Å². The van der Waals surface area contributed by atoms with Crippen LogP contribution in [0.1, 0.15) is 18.4 Å².